The fraction of sp³-hybridized carbons (Fsp3) is 0.571. The number of halogens is 4. The van der Waals surface area contributed by atoms with Gasteiger partial charge in [-0.15, -0.1) is 0 Å². The second-order valence-electron chi connectivity index (χ2n) is 10.8. The van der Waals surface area contributed by atoms with Crippen molar-refractivity contribution < 1.29 is 22.8 Å². The molecule has 1 atom stereocenters. The van der Waals surface area contributed by atoms with Crippen LogP contribution in [0.1, 0.15) is 38.2 Å². The number of thioether (sulfide) groups is 1. The number of carbonyl (C=O) groups excluding carboxylic acids is 2. The van der Waals surface area contributed by atoms with E-state index in [1.807, 2.05) is 9.80 Å². The lowest BCUT2D eigenvalue weighted by Crippen LogP contribution is -2.55. The van der Waals surface area contributed by atoms with Crippen molar-refractivity contribution in [3.63, 3.8) is 0 Å². The van der Waals surface area contributed by atoms with E-state index in [9.17, 15) is 22.8 Å². The second kappa shape index (κ2) is 12.6. The van der Waals surface area contributed by atoms with E-state index >= 15 is 0 Å². The normalized spacial score (nSPS) is 20.6. The number of hydrogen-bond acceptors (Lipinski definition) is 7. The molecule has 1 unspecified atom stereocenters. The van der Waals surface area contributed by atoms with Crippen LogP contribution in [0.3, 0.4) is 0 Å². The molecular formula is C28H34ClF3N6O2S. The van der Waals surface area contributed by atoms with Gasteiger partial charge in [0.2, 0.25) is 11.8 Å². The van der Waals surface area contributed by atoms with Crippen LogP contribution >= 0.6 is 23.4 Å². The molecule has 1 aromatic carbocycles. The highest BCUT2D eigenvalue weighted by molar-refractivity contribution is 7.99. The van der Waals surface area contributed by atoms with Gasteiger partial charge in [-0.05, 0) is 38.0 Å². The van der Waals surface area contributed by atoms with Crippen LogP contribution in [0.4, 0.5) is 24.7 Å². The number of benzene rings is 1. The van der Waals surface area contributed by atoms with E-state index in [0.29, 0.717) is 62.5 Å². The first-order valence-corrected chi connectivity index (χ1v) is 15.4. The Bertz CT molecular complexity index is 1250. The lowest BCUT2D eigenvalue weighted by Gasteiger charge is -2.41. The third kappa shape index (κ3) is 7.20. The standard InChI is InChI=1S/C28H34ClF3N6O2S/c1-19-17-37(13-14-38(19)26(40)20-5-2-3-6-20)24-16-23(29)33-27(34-24)41-18-25(39)36-11-9-35(10-12-36)22-8-4-7-21(15-22)28(30,31)32/h4,7-8,15-16,19-20H,2-3,5-6,9-14,17-18H2,1H3. The van der Waals surface area contributed by atoms with Gasteiger partial charge in [-0.2, -0.15) is 13.2 Å². The number of carbonyl (C=O) groups is 2. The largest absolute Gasteiger partial charge is 0.416 e. The van der Waals surface area contributed by atoms with Crippen molar-refractivity contribution >= 4 is 46.7 Å². The molecule has 0 radical (unpaired) electrons. The number of piperazine rings is 2. The average molecular weight is 611 g/mol. The highest BCUT2D eigenvalue weighted by atomic mass is 35.5. The topological polar surface area (TPSA) is 72.9 Å². The number of anilines is 2. The highest BCUT2D eigenvalue weighted by Gasteiger charge is 2.34. The van der Waals surface area contributed by atoms with Crippen molar-refractivity contribution in [3.8, 4) is 0 Å². The fourth-order valence-electron chi connectivity index (χ4n) is 5.82. The first kappa shape index (κ1) is 29.8. The minimum atomic E-state index is -4.39. The molecule has 222 valence electrons. The van der Waals surface area contributed by atoms with Gasteiger partial charge < -0.3 is 19.6 Å². The molecule has 41 heavy (non-hydrogen) atoms. The summed E-state index contributed by atoms with van der Waals surface area (Å²) in [6.07, 6.45) is -0.170. The Morgan fingerprint density at radius 2 is 1.71 bits per heavy atom. The molecule has 1 aliphatic carbocycles. The maximum Gasteiger partial charge on any atom is 0.416 e. The summed E-state index contributed by atoms with van der Waals surface area (Å²) in [7, 11) is 0. The minimum Gasteiger partial charge on any atom is -0.368 e. The zero-order chi connectivity index (χ0) is 29.1. The Morgan fingerprint density at radius 3 is 2.39 bits per heavy atom. The summed E-state index contributed by atoms with van der Waals surface area (Å²) in [6.45, 7) is 5.71. The van der Waals surface area contributed by atoms with Gasteiger partial charge in [-0.3, -0.25) is 9.59 Å². The summed E-state index contributed by atoms with van der Waals surface area (Å²) < 4.78 is 39.3. The van der Waals surface area contributed by atoms with Crippen LogP contribution in [-0.2, 0) is 15.8 Å². The first-order valence-electron chi connectivity index (χ1n) is 14.0. The number of alkyl halides is 3. The molecule has 0 bridgehead atoms. The highest BCUT2D eigenvalue weighted by Crippen LogP contribution is 2.32. The summed E-state index contributed by atoms with van der Waals surface area (Å²) in [5.41, 5.74) is -0.182. The van der Waals surface area contributed by atoms with Gasteiger partial charge in [0.05, 0.1) is 11.3 Å². The van der Waals surface area contributed by atoms with Crippen molar-refractivity contribution in [1.29, 1.82) is 0 Å². The van der Waals surface area contributed by atoms with E-state index in [2.05, 4.69) is 21.8 Å². The Kier molecular flexibility index (Phi) is 9.18. The van der Waals surface area contributed by atoms with Crippen molar-refractivity contribution in [1.82, 2.24) is 19.8 Å². The number of aromatic nitrogens is 2. The minimum absolute atomic E-state index is 0.0536. The van der Waals surface area contributed by atoms with Crippen LogP contribution in [0.5, 0.6) is 0 Å². The molecule has 1 saturated carbocycles. The van der Waals surface area contributed by atoms with Crippen LogP contribution in [0.25, 0.3) is 0 Å². The molecule has 3 aliphatic rings. The number of rotatable bonds is 6. The smallest absolute Gasteiger partial charge is 0.368 e. The van der Waals surface area contributed by atoms with Gasteiger partial charge >= 0.3 is 6.18 Å². The van der Waals surface area contributed by atoms with Crippen LogP contribution in [-0.4, -0.2) is 89.2 Å². The number of hydrogen-bond donors (Lipinski definition) is 0. The molecule has 1 aromatic heterocycles. The third-order valence-electron chi connectivity index (χ3n) is 8.10. The lowest BCUT2D eigenvalue weighted by atomic mass is 10.0. The van der Waals surface area contributed by atoms with Crippen LogP contribution < -0.4 is 9.80 Å². The monoisotopic (exact) mass is 610 g/mol. The summed E-state index contributed by atoms with van der Waals surface area (Å²) in [4.78, 5) is 42.5. The zero-order valence-corrected chi connectivity index (χ0v) is 24.5. The summed E-state index contributed by atoms with van der Waals surface area (Å²) in [5.74, 6) is 1.14. The average Bonchev–Trinajstić information content (AvgIpc) is 3.50. The van der Waals surface area contributed by atoms with Crippen molar-refractivity contribution in [2.75, 3.05) is 61.4 Å². The third-order valence-corrected chi connectivity index (χ3v) is 9.12. The molecule has 2 amide bonds. The van der Waals surface area contributed by atoms with Gasteiger partial charge in [0.25, 0.3) is 0 Å². The number of amides is 2. The quantitative estimate of drug-likeness (QED) is 0.264. The molecule has 2 saturated heterocycles. The van der Waals surface area contributed by atoms with E-state index in [-0.39, 0.29) is 34.7 Å². The Hall–Kier alpha value is -2.73. The van der Waals surface area contributed by atoms with E-state index in [4.69, 9.17) is 11.6 Å². The molecule has 2 aromatic rings. The maximum absolute atomic E-state index is 13.1. The Labute approximate surface area is 247 Å². The van der Waals surface area contributed by atoms with Gasteiger partial charge in [-0.25, -0.2) is 9.97 Å². The predicted molar refractivity (Wildman–Crippen MR) is 153 cm³/mol. The van der Waals surface area contributed by atoms with Crippen molar-refractivity contribution in [2.24, 2.45) is 5.92 Å². The molecule has 3 heterocycles. The molecular weight excluding hydrogens is 577 g/mol. The first-order chi connectivity index (χ1) is 19.6. The fourth-order valence-corrected chi connectivity index (χ4v) is 6.81. The molecule has 3 fully saturated rings. The van der Waals surface area contributed by atoms with E-state index in [1.54, 1.807) is 17.0 Å². The summed E-state index contributed by atoms with van der Waals surface area (Å²) in [6, 6.07) is 7.03. The van der Waals surface area contributed by atoms with Gasteiger partial charge in [0.1, 0.15) is 11.0 Å². The van der Waals surface area contributed by atoms with Crippen LogP contribution in [0.2, 0.25) is 5.15 Å². The molecule has 8 nitrogen and oxygen atoms in total. The molecule has 0 N–H and O–H groups in total. The number of nitrogens with zero attached hydrogens (tertiary/aromatic N) is 6. The van der Waals surface area contributed by atoms with Crippen molar-refractivity contribution in [3.05, 3.63) is 41.0 Å². The van der Waals surface area contributed by atoms with E-state index in [1.165, 1.54) is 17.8 Å². The van der Waals surface area contributed by atoms with Crippen molar-refractivity contribution in [2.45, 2.75) is 50.0 Å². The SMILES string of the molecule is CC1CN(c2cc(Cl)nc(SCC(=O)N3CCN(c4cccc(C(F)(F)F)c4)CC3)n2)CCN1C(=O)C1CCCC1. The van der Waals surface area contributed by atoms with Gasteiger partial charge in [0.15, 0.2) is 5.16 Å². The van der Waals surface area contributed by atoms with Gasteiger partial charge in [0, 0.05) is 69.5 Å². The zero-order valence-electron chi connectivity index (χ0n) is 22.9. The summed E-state index contributed by atoms with van der Waals surface area (Å²) >= 11 is 7.53. The van der Waals surface area contributed by atoms with Gasteiger partial charge in [-0.1, -0.05) is 42.3 Å². The maximum atomic E-state index is 13.1. The lowest BCUT2D eigenvalue weighted by molar-refractivity contribution is -0.138. The molecule has 13 heteroatoms. The van der Waals surface area contributed by atoms with E-state index in [0.717, 1.165) is 37.8 Å². The second-order valence-corrected chi connectivity index (χ2v) is 12.2. The van der Waals surface area contributed by atoms with E-state index < -0.39 is 11.7 Å². The molecule has 5 rings (SSSR count). The van der Waals surface area contributed by atoms with Crippen LogP contribution in [0.15, 0.2) is 35.5 Å². The predicted octanol–water partition coefficient (Wildman–Crippen LogP) is 4.82. The Morgan fingerprint density at radius 1 is 1.00 bits per heavy atom. The van der Waals surface area contributed by atoms with Crippen LogP contribution in [0, 0.1) is 5.92 Å². The molecule has 0 spiro atoms. The Balaban J connectivity index is 1.13. The summed E-state index contributed by atoms with van der Waals surface area (Å²) in [5, 5.41) is 0.692. The molecule has 2 aliphatic heterocycles.